The maximum Gasteiger partial charge on any atom is 0.323 e. The molecule has 0 unspecified atom stereocenters. The van der Waals surface area contributed by atoms with Crippen molar-refractivity contribution in [1.29, 1.82) is 0 Å². The van der Waals surface area contributed by atoms with E-state index < -0.39 is 11.8 Å². The van der Waals surface area contributed by atoms with Crippen molar-refractivity contribution in [1.82, 2.24) is 29.4 Å². The predicted octanol–water partition coefficient (Wildman–Crippen LogP) is 4.80. The van der Waals surface area contributed by atoms with Crippen molar-refractivity contribution in [2.75, 3.05) is 43.5 Å². The standard InChI is InChI=1S/C28H33FN8O3/c1-28(2,3)37-19-21(17-32-37)33-27(38)34-25-5-4-22(14-24(25)29)40-23-6-7-30-26(15-23)20-16-31-36(18-20)9-8-35-10-12-39-13-11-35/h4-7,14-19H,8-13H2,1-3H3,(H2,33,34,38). The van der Waals surface area contributed by atoms with E-state index in [0.717, 1.165) is 45.0 Å². The van der Waals surface area contributed by atoms with Crippen LogP contribution in [0.4, 0.5) is 20.6 Å². The molecule has 1 aliphatic heterocycles. The number of nitrogens with zero attached hydrogens (tertiary/aromatic N) is 6. The number of hydrogen-bond donors (Lipinski definition) is 2. The molecular formula is C28H33FN8O3. The lowest BCUT2D eigenvalue weighted by atomic mass is 10.1. The van der Waals surface area contributed by atoms with Crippen LogP contribution in [0.5, 0.6) is 11.5 Å². The molecule has 1 aromatic carbocycles. The van der Waals surface area contributed by atoms with E-state index in [1.807, 2.05) is 31.6 Å². The average molecular weight is 549 g/mol. The van der Waals surface area contributed by atoms with E-state index in [-0.39, 0.29) is 17.0 Å². The Morgan fingerprint density at radius 2 is 1.82 bits per heavy atom. The summed E-state index contributed by atoms with van der Waals surface area (Å²) in [7, 11) is 0. The Bertz CT molecular complexity index is 1460. The number of aromatic nitrogens is 5. The number of carbonyl (C=O) groups is 1. The fourth-order valence-electron chi connectivity index (χ4n) is 4.15. The minimum absolute atomic E-state index is 0.0213. The van der Waals surface area contributed by atoms with Crippen LogP contribution in [0, 0.1) is 5.82 Å². The smallest absolute Gasteiger partial charge is 0.323 e. The van der Waals surface area contributed by atoms with Crippen LogP contribution in [0.3, 0.4) is 0 Å². The number of hydrogen-bond acceptors (Lipinski definition) is 7. The van der Waals surface area contributed by atoms with Gasteiger partial charge in [-0.15, -0.1) is 0 Å². The minimum atomic E-state index is -0.631. The quantitative estimate of drug-likeness (QED) is 0.325. The molecule has 12 heteroatoms. The van der Waals surface area contributed by atoms with Gasteiger partial charge in [-0.3, -0.25) is 19.2 Å². The molecule has 0 bridgehead atoms. The Hall–Kier alpha value is -4.29. The molecule has 11 nitrogen and oxygen atoms in total. The maximum atomic E-state index is 14.8. The molecule has 1 fully saturated rings. The largest absolute Gasteiger partial charge is 0.457 e. The fraction of sp³-hybridized carbons (Fsp3) is 0.357. The zero-order valence-corrected chi connectivity index (χ0v) is 22.8. The fourth-order valence-corrected chi connectivity index (χ4v) is 4.15. The summed E-state index contributed by atoms with van der Waals surface area (Å²) < 4.78 is 29.7. The van der Waals surface area contributed by atoms with Gasteiger partial charge in [0.25, 0.3) is 0 Å². The first-order chi connectivity index (χ1) is 19.2. The van der Waals surface area contributed by atoms with Crippen LogP contribution < -0.4 is 15.4 Å². The number of ether oxygens (including phenoxy) is 2. The van der Waals surface area contributed by atoms with Crippen molar-refractivity contribution in [3.63, 3.8) is 0 Å². The highest BCUT2D eigenvalue weighted by molar-refractivity contribution is 5.99. The number of nitrogens with one attached hydrogen (secondary N) is 2. The molecule has 0 atom stereocenters. The molecule has 210 valence electrons. The maximum absolute atomic E-state index is 14.8. The molecule has 1 saturated heterocycles. The number of anilines is 2. The summed E-state index contributed by atoms with van der Waals surface area (Å²) in [4.78, 5) is 19.2. The van der Waals surface area contributed by atoms with Crippen LogP contribution in [0.2, 0.25) is 0 Å². The Labute approximate surface area is 231 Å². The van der Waals surface area contributed by atoms with Gasteiger partial charge >= 0.3 is 6.03 Å². The van der Waals surface area contributed by atoms with Crippen LogP contribution in [-0.2, 0) is 16.8 Å². The second-order valence-electron chi connectivity index (χ2n) is 10.5. The van der Waals surface area contributed by atoms with Gasteiger partial charge in [0.1, 0.15) is 17.3 Å². The van der Waals surface area contributed by atoms with E-state index >= 15 is 0 Å². The van der Waals surface area contributed by atoms with Gasteiger partial charge in [0.05, 0.1) is 54.8 Å². The van der Waals surface area contributed by atoms with E-state index in [9.17, 15) is 9.18 Å². The van der Waals surface area contributed by atoms with Gasteiger partial charge in [0.15, 0.2) is 0 Å². The molecule has 3 aromatic heterocycles. The molecule has 4 aromatic rings. The molecule has 5 rings (SSSR count). The monoisotopic (exact) mass is 548 g/mol. The van der Waals surface area contributed by atoms with Crippen molar-refractivity contribution in [2.24, 2.45) is 0 Å². The van der Waals surface area contributed by atoms with Crippen molar-refractivity contribution in [2.45, 2.75) is 32.9 Å². The Balaban J connectivity index is 1.17. The molecule has 0 radical (unpaired) electrons. The van der Waals surface area contributed by atoms with Crippen LogP contribution in [0.1, 0.15) is 20.8 Å². The summed E-state index contributed by atoms with van der Waals surface area (Å²) in [5.41, 5.74) is 1.86. The molecule has 40 heavy (non-hydrogen) atoms. The van der Waals surface area contributed by atoms with Crippen molar-refractivity contribution in [3.05, 3.63) is 67.1 Å². The Kier molecular flexibility index (Phi) is 8.08. The molecule has 2 N–H and O–H groups in total. The summed E-state index contributed by atoms with van der Waals surface area (Å²) >= 11 is 0. The third kappa shape index (κ3) is 7.01. The van der Waals surface area contributed by atoms with Gasteiger partial charge in [0.2, 0.25) is 0 Å². The highest BCUT2D eigenvalue weighted by atomic mass is 19.1. The first-order valence-electron chi connectivity index (χ1n) is 13.1. The molecule has 2 amide bonds. The van der Waals surface area contributed by atoms with Crippen LogP contribution >= 0.6 is 0 Å². The Morgan fingerprint density at radius 1 is 1.02 bits per heavy atom. The van der Waals surface area contributed by atoms with Crippen molar-refractivity contribution >= 4 is 17.4 Å². The zero-order valence-electron chi connectivity index (χ0n) is 22.8. The number of urea groups is 1. The summed E-state index contributed by atoms with van der Waals surface area (Å²) in [6.45, 7) is 11.1. The number of carbonyl (C=O) groups excluding carboxylic acids is 1. The second-order valence-corrected chi connectivity index (χ2v) is 10.5. The molecule has 0 aliphatic carbocycles. The van der Waals surface area contributed by atoms with Gasteiger partial charge in [-0.2, -0.15) is 10.2 Å². The molecule has 4 heterocycles. The van der Waals surface area contributed by atoms with Crippen molar-refractivity contribution < 1.29 is 18.7 Å². The number of halogens is 1. The molecular weight excluding hydrogens is 515 g/mol. The SMILES string of the molecule is CC(C)(C)n1cc(NC(=O)Nc2ccc(Oc3ccnc(-c4cnn(CCN5CCOCC5)c4)c3)cc2F)cn1. The predicted molar refractivity (Wildman–Crippen MR) is 149 cm³/mol. The van der Waals surface area contributed by atoms with Crippen LogP contribution in [0.15, 0.2) is 61.3 Å². The van der Waals surface area contributed by atoms with Gasteiger partial charge < -0.3 is 20.1 Å². The van der Waals surface area contributed by atoms with E-state index in [0.29, 0.717) is 17.1 Å². The Morgan fingerprint density at radius 3 is 2.58 bits per heavy atom. The van der Waals surface area contributed by atoms with Crippen LogP contribution in [-0.4, -0.2) is 68.3 Å². The topological polar surface area (TPSA) is 111 Å². The molecule has 1 aliphatic rings. The zero-order chi connectivity index (χ0) is 28.1. The summed E-state index contributed by atoms with van der Waals surface area (Å²) in [5, 5.41) is 13.9. The van der Waals surface area contributed by atoms with E-state index in [1.165, 1.54) is 18.3 Å². The van der Waals surface area contributed by atoms with E-state index in [4.69, 9.17) is 9.47 Å². The molecule has 0 saturated carbocycles. The van der Waals surface area contributed by atoms with Crippen molar-refractivity contribution in [3.8, 4) is 22.8 Å². The number of amides is 2. The highest BCUT2D eigenvalue weighted by Crippen LogP contribution is 2.28. The van der Waals surface area contributed by atoms with Gasteiger partial charge in [-0.05, 0) is 39.0 Å². The highest BCUT2D eigenvalue weighted by Gasteiger charge is 2.16. The third-order valence-corrected chi connectivity index (χ3v) is 6.36. The second kappa shape index (κ2) is 11.8. The molecule has 0 spiro atoms. The summed E-state index contributed by atoms with van der Waals surface area (Å²) in [6, 6.07) is 7.14. The van der Waals surface area contributed by atoms with Crippen LogP contribution in [0.25, 0.3) is 11.3 Å². The first kappa shape index (κ1) is 27.3. The normalized spacial score (nSPS) is 14.2. The lowest BCUT2D eigenvalue weighted by Crippen LogP contribution is -2.38. The lowest BCUT2D eigenvalue weighted by molar-refractivity contribution is 0.0360. The van der Waals surface area contributed by atoms with Gasteiger partial charge in [-0.25, -0.2) is 9.18 Å². The third-order valence-electron chi connectivity index (χ3n) is 6.36. The number of morpholine rings is 1. The summed E-state index contributed by atoms with van der Waals surface area (Å²) in [5.74, 6) is 0.155. The van der Waals surface area contributed by atoms with E-state index in [2.05, 4.69) is 30.7 Å². The average Bonchev–Trinajstić information content (AvgIpc) is 3.60. The number of benzene rings is 1. The summed E-state index contributed by atoms with van der Waals surface area (Å²) in [6.07, 6.45) is 8.61. The number of pyridine rings is 1. The number of rotatable bonds is 8. The first-order valence-corrected chi connectivity index (χ1v) is 13.1. The lowest BCUT2D eigenvalue weighted by Gasteiger charge is -2.26. The van der Waals surface area contributed by atoms with Gasteiger partial charge in [-0.1, -0.05) is 0 Å². The van der Waals surface area contributed by atoms with E-state index in [1.54, 1.807) is 41.5 Å². The minimum Gasteiger partial charge on any atom is -0.457 e. The van der Waals surface area contributed by atoms with Gasteiger partial charge in [0, 0.05) is 55.9 Å².